The van der Waals surface area contributed by atoms with E-state index in [2.05, 4.69) is 48.1 Å². The lowest BCUT2D eigenvalue weighted by Crippen LogP contribution is -2.15. The number of hydrogen-bond donors (Lipinski definition) is 0. The van der Waals surface area contributed by atoms with Crippen molar-refractivity contribution < 1.29 is 4.74 Å². The van der Waals surface area contributed by atoms with Gasteiger partial charge in [0.25, 0.3) is 0 Å². The smallest absolute Gasteiger partial charge is 0.159 e. The molecule has 206 valence electrons. The van der Waals surface area contributed by atoms with E-state index in [-0.39, 0.29) is 0 Å². The van der Waals surface area contributed by atoms with Gasteiger partial charge in [-0.05, 0) is 67.3 Å². The van der Waals surface area contributed by atoms with Crippen molar-refractivity contribution >= 4 is 0 Å². The SMILES string of the molecule is CCCCCCCCCC1CCC(CCCOc2ccc(-c3ncc(CCCCCC)cn3)cc2)CC1. The zero-order chi connectivity index (χ0) is 26.0. The first kappa shape index (κ1) is 29.7. The van der Waals surface area contributed by atoms with Crippen molar-refractivity contribution in [3.05, 3.63) is 42.2 Å². The summed E-state index contributed by atoms with van der Waals surface area (Å²) in [6.07, 6.45) is 30.0. The molecule has 0 aliphatic heterocycles. The van der Waals surface area contributed by atoms with Crippen molar-refractivity contribution in [2.24, 2.45) is 11.8 Å². The first-order chi connectivity index (χ1) is 18.3. The maximum Gasteiger partial charge on any atom is 0.159 e. The van der Waals surface area contributed by atoms with Crippen LogP contribution in [0.2, 0.25) is 0 Å². The van der Waals surface area contributed by atoms with Gasteiger partial charge in [0.05, 0.1) is 6.61 Å². The van der Waals surface area contributed by atoms with Crippen molar-refractivity contribution in [2.75, 3.05) is 6.61 Å². The molecule has 3 nitrogen and oxygen atoms in total. The molecule has 1 heterocycles. The van der Waals surface area contributed by atoms with E-state index in [4.69, 9.17) is 4.74 Å². The maximum atomic E-state index is 6.05. The molecule has 37 heavy (non-hydrogen) atoms. The molecule has 1 aromatic heterocycles. The Labute approximate surface area is 228 Å². The van der Waals surface area contributed by atoms with E-state index in [9.17, 15) is 0 Å². The van der Waals surface area contributed by atoms with Crippen molar-refractivity contribution in [1.82, 2.24) is 9.97 Å². The number of nitrogens with zero attached hydrogens (tertiary/aromatic N) is 2. The molecule has 0 saturated heterocycles. The van der Waals surface area contributed by atoms with Gasteiger partial charge in [0.1, 0.15) is 5.75 Å². The second-order valence-corrected chi connectivity index (χ2v) is 11.5. The Morgan fingerprint density at radius 2 is 1.19 bits per heavy atom. The third-order valence-corrected chi connectivity index (χ3v) is 8.34. The zero-order valence-electron chi connectivity index (χ0n) is 24.1. The lowest BCUT2D eigenvalue weighted by Gasteiger charge is -2.28. The molecule has 3 heteroatoms. The maximum absolute atomic E-state index is 6.05. The molecule has 1 aromatic carbocycles. The van der Waals surface area contributed by atoms with Crippen molar-refractivity contribution in [3.63, 3.8) is 0 Å². The summed E-state index contributed by atoms with van der Waals surface area (Å²) < 4.78 is 6.05. The van der Waals surface area contributed by atoms with Crippen LogP contribution in [0.4, 0.5) is 0 Å². The third kappa shape index (κ3) is 12.0. The van der Waals surface area contributed by atoms with Crippen LogP contribution in [-0.2, 0) is 6.42 Å². The summed E-state index contributed by atoms with van der Waals surface area (Å²) in [4.78, 5) is 9.18. The molecule has 1 fully saturated rings. The molecular formula is C34H54N2O. The summed E-state index contributed by atoms with van der Waals surface area (Å²) in [6.45, 7) is 5.37. The Morgan fingerprint density at radius 1 is 0.649 bits per heavy atom. The Bertz CT molecular complexity index is 809. The molecule has 2 aromatic rings. The first-order valence-corrected chi connectivity index (χ1v) is 15.8. The number of aryl methyl sites for hydroxylation is 1. The monoisotopic (exact) mass is 506 g/mol. The van der Waals surface area contributed by atoms with Crippen LogP contribution >= 0.6 is 0 Å². The third-order valence-electron chi connectivity index (χ3n) is 8.34. The van der Waals surface area contributed by atoms with Gasteiger partial charge in [-0.15, -0.1) is 0 Å². The zero-order valence-corrected chi connectivity index (χ0v) is 24.1. The van der Waals surface area contributed by atoms with Crippen LogP contribution in [-0.4, -0.2) is 16.6 Å². The van der Waals surface area contributed by atoms with Crippen LogP contribution < -0.4 is 4.74 Å². The normalized spacial score (nSPS) is 17.7. The molecule has 0 bridgehead atoms. The van der Waals surface area contributed by atoms with Gasteiger partial charge in [-0.25, -0.2) is 9.97 Å². The average molecular weight is 507 g/mol. The fraction of sp³-hybridized carbons (Fsp3) is 0.706. The highest BCUT2D eigenvalue weighted by Crippen LogP contribution is 2.34. The molecule has 0 unspecified atom stereocenters. The molecular weight excluding hydrogens is 452 g/mol. The van der Waals surface area contributed by atoms with Gasteiger partial charge in [0.2, 0.25) is 0 Å². The van der Waals surface area contributed by atoms with Gasteiger partial charge in [0.15, 0.2) is 5.82 Å². The van der Waals surface area contributed by atoms with E-state index in [1.165, 1.54) is 115 Å². The van der Waals surface area contributed by atoms with Gasteiger partial charge < -0.3 is 4.74 Å². The molecule has 1 aliphatic carbocycles. The van der Waals surface area contributed by atoms with Gasteiger partial charge >= 0.3 is 0 Å². The summed E-state index contributed by atoms with van der Waals surface area (Å²) in [5, 5.41) is 0. The fourth-order valence-electron chi connectivity index (χ4n) is 5.85. The fourth-order valence-corrected chi connectivity index (χ4v) is 5.85. The van der Waals surface area contributed by atoms with Crippen molar-refractivity contribution in [3.8, 4) is 17.1 Å². The van der Waals surface area contributed by atoms with Crippen LogP contribution in [0.15, 0.2) is 36.7 Å². The van der Waals surface area contributed by atoms with Crippen molar-refractivity contribution in [1.29, 1.82) is 0 Å². The van der Waals surface area contributed by atoms with Gasteiger partial charge in [-0.3, -0.25) is 0 Å². The highest BCUT2D eigenvalue weighted by Gasteiger charge is 2.20. The molecule has 3 rings (SSSR count). The number of hydrogen-bond acceptors (Lipinski definition) is 3. The summed E-state index contributed by atoms with van der Waals surface area (Å²) in [5.74, 6) is 3.68. The Hall–Kier alpha value is -1.90. The van der Waals surface area contributed by atoms with E-state index in [1.807, 2.05) is 12.4 Å². The first-order valence-electron chi connectivity index (χ1n) is 15.8. The average Bonchev–Trinajstić information content (AvgIpc) is 2.94. The Morgan fingerprint density at radius 3 is 1.81 bits per heavy atom. The summed E-state index contributed by atoms with van der Waals surface area (Å²) in [7, 11) is 0. The molecule has 0 N–H and O–H groups in total. The van der Waals surface area contributed by atoms with E-state index >= 15 is 0 Å². The molecule has 0 amide bonds. The van der Waals surface area contributed by atoms with Crippen LogP contribution in [0.1, 0.15) is 135 Å². The predicted octanol–water partition coefficient (Wildman–Crippen LogP) is 10.4. The summed E-state index contributed by atoms with van der Waals surface area (Å²) in [6, 6.07) is 8.29. The van der Waals surface area contributed by atoms with Gasteiger partial charge in [-0.2, -0.15) is 0 Å². The van der Waals surface area contributed by atoms with E-state index in [0.717, 1.165) is 48.4 Å². The van der Waals surface area contributed by atoms with Crippen LogP contribution in [0.25, 0.3) is 11.4 Å². The summed E-state index contributed by atoms with van der Waals surface area (Å²) >= 11 is 0. The lowest BCUT2D eigenvalue weighted by molar-refractivity contribution is 0.228. The van der Waals surface area contributed by atoms with Gasteiger partial charge in [-0.1, -0.05) is 110 Å². The highest BCUT2D eigenvalue weighted by atomic mass is 16.5. The quantitative estimate of drug-likeness (QED) is 0.178. The second-order valence-electron chi connectivity index (χ2n) is 11.5. The number of ether oxygens (including phenoxy) is 1. The molecule has 1 aliphatic rings. The standard InChI is InChI=1S/C34H54N2O/c1-3-5-7-9-10-11-13-15-29-18-20-30(21-19-29)17-14-26-37-33-24-22-32(23-25-33)34-35-27-31(28-36-34)16-12-8-6-4-2/h22-25,27-30H,3-21,26H2,1-2H3. The minimum atomic E-state index is 0.798. The molecule has 0 atom stereocenters. The van der Waals surface area contributed by atoms with Crippen LogP contribution in [0.3, 0.4) is 0 Å². The number of rotatable bonds is 19. The second kappa shape index (κ2) is 18.4. The van der Waals surface area contributed by atoms with E-state index in [0.29, 0.717) is 0 Å². The van der Waals surface area contributed by atoms with Crippen LogP contribution in [0.5, 0.6) is 5.75 Å². The number of aromatic nitrogens is 2. The topological polar surface area (TPSA) is 35.0 Å². The molecule has 0 radical (unpaired) electrons. The minimum absolute atomic E-state index is 0.798. The van der Waals surface area contributed by atoms with Crippen molar-refractivity contribution in [2.45, 2.75) is 136 Å². The lowest BCUT2D eigenvalue weighted by atomic mass is 9.78. The summed E-state index contributed by atoms with van der Waals surface area (Å²) in [5.41, 5.74) is 2.29. The van der Waals surface area contributed by atoms with E-state index < -0.39 is 0 Å². The Balaban J connectivity index is 1.24. The Kier molecular flexibility index (Phi) is 14.7. The highest BCUT2D eigenvalue weighted by molar-refractivity contribution is 5.55. The minimum Gasteiger partial charge on any atom is -0.494 e. The predicted molar refractivity (Wildman–Crippen MR) is 158 cm³/mol. The largest absolute Gasteiger partial charge is 0.494 e. The number of unbranched alkanes of at least 4 members (excludes halogenated alkanes) is 9. The molecule has 0 spiro atoms. The number of benzene rings is 1. The van der Waals surface area contributed by atoms with E-state index in [1.54, 1.807) is 0 Å². The van der Waals surface area contributed by atoms with Crippen LogP contribution in [0, 0.1) is 11.8 Å². The van der Waals surface area contributed by atoms with Gasteiger partial charge in [0, 0.05) is 18.0 Å². The molecule has 1 saturated carbocycles.